The molecule has 2 aliphatic heterocycles. The highest BCUT2D eigenvalue weighted by molar-refractivity contribution is 6.21. The van der Waals surface area contributed by atoms with Crippen LogP contribution < -0.4 is 4.74 Å². The van der Waals surface area contributed by atoms with Crippen LogP contribution in [0.1, 0.15) is 37.5 Å². The summed E-state index contributed by atoms with van der Waals surface area (Å²) in [5.74, 6) is -1.71. The molecule has 172 valence electrons. The Morgan fingerprint density at radius 3 is 2.00 bits per heavy atom. The molecule has 33 heavy (non-hydrogen) atoms. The Balaban J connectivity index is 1.31. The lowest BCUT2D eigenvalue weighted by Crippen LogP contribution is -2.51. The minimum atomic E-state index is -3.05. The van der Waals surface area contributed by atoms with Gasteiger partial charge in [-0.1, -0.05) is 24.3 Å². The fraction of sp³-hybridized carbons (Fsp3) is 0.304. The van der Waals surface area contributed by atoms with Crippen molar-refractivity contribution in [1.82, 2.24) is 14.7 Å². The number of carbonyl (C=O) groups excluding carboxylic acids is 4. The lowest BCUT2D eigenvalue weighted by Gasteiger charge is -2.35. The smallest absolute Gasteiger partial charge is 0.387 e. The summed E-state index contributed by atoms with van der Waals surface area (Å²) in [7, 11) is 0. The molecule has 2 heterocycles. The normalized spacial score (nSPS) is 15.8. The van der Waals surface area contributed by atoms with Crippen molar-refractivity contribution in [3.8, 4) is 5.75 Å². The van der Waals surface area contributed by atoms with Crippen molar-refractivity contribution in [2.75, 3.05) is 32.7 Å². The highest BCUT2D eigenvalue weighted by Gasteiger charge is 2.35. The van der Waals surface area contributed by atoms with Gasteiger partial charge in [-0.2, -0.15) is 8.78 Å². The third-order valence-corrected chi connectivity index (χ3v) is 5.68. The standard InChI is InChI=1S/C23H21F2N3O5/c24-23(25)33-18-8-4-3-7-17(18)20(30)27-13-11-26(12-14-27)19(29)9-10-28-21(31)15-5-1-2-6-16(15)22(28)32/h1-8,23H,9-14H2. The van der Waals surface area contributed by atoms with Gasteiger partial charge in [0.15, 0.2) is 0 Å². The summed E-state index contributed by atoms with van der Waals surface area (Å²) in [5, 5.41) is 0. The molecule has 2 aliphatic rings. The summed E-state index contributed by atoms with van der Waals surface area (Å²) in [6.07, 6.45) is -0.0233. The number of piperazine rings is 1. The Hall–Kier alpha value is -3.82. The van der Waals surface area contributed by atoms with Gasteiger partial charge in [0, 0.05) is 39.1 Å². The largest absolute Gasteiger partial charge is 0.434 e. The lowest BCUT2D eigenvalue weighted by atomic mass is 10.1. The Bertz CT molecular complexity index is 1060. The van der Waals surface area contributed by atoms with Crippen molar-refractivity contribution in [2.45, 2.75) is 13.0 Å². The number of fused-ring (bicyclic) bond motifs is 1. The molecule has 2 aromatic rings. The second-order valence-electron chi connectivity index (χ2n) is 7.61. The van der Waals surface area contributed by atoms with E-state index >= 15 is 0 Å². The number of rotatable bonds is 6. The second kappa shape index (κ2) is 9.35. The molecule has 0 aromatic heterocycles. The summed E-state index contributed by atoms with van der Waals surface area (Å²) in [4.78, 5) is 54.4. The molecular formula is C23H21F2N3O5. The van der Waals surface area contributed by atoms with Crippen LogP contribution in [0.5, 0.6) is 5.75 Å². The van der Waals surface area contributed by atoms with Gasteiger partial charge in [-0.3, -0.25) is 24.1 Å². The summed E-state index contributed by atoms with van der Waals surface area (Å²) in [5.41, 5.74) is 0.694. The van der Waals surface area contributed by atoms with E-state index in [-0.39, 0.29) is 56.4 Å². The van der Waals surface area contributed by atoms with E-state index < -0.39 is 24.3 Å². The number of benzene rings is 2. The van der Waals surface area contributed by atoms with Gasteiger partial charge in [-0.15, -0.1) is 0 Å². The third-order valence-electron chi connectivity index (χ3n) is 5.68. The molecule has 1 fully saturated rings. The Morgan fingerprint density at radius 2 is 1.39 bits per heavy atom. The fourth-order valence-electron chi connectivity index (χ4n) is 3.98. The van der Waals surface area contributed by atoms with Crippen molar-refractivity contribution in [2.24, 2.45) is 0 Å². The second-order valence-corrected chi connectivity index (χ2v) is 7.61. The number of amides is 4. The summed E-state index contributed by atoms with van der Waals surface area (Å²) >= 11 is 0. The first-order valence-electron chi connectivity index (χ1n) is 10.4. The van der Waals surface area contributed by atoms with Gasteiger partial charge in [0.1, 0.15) is 5.75 Å². The van der Waals surface area contributed by atoms with Crippen molar-refractivity contribution in [3.05, 3.63) is 65.2 Å². The zero-order chi connectivity index (χ0) is 23.5. The van der Waals surface area contributed by atoms with Crippen LogP contribution in [0.4, 0.5) is 8.78 Å². The first kappa shape index (κ1) is 22.4. The van der Waals surface area contributed by atoms with Gasteiger partial charge in [0.25, 0.3) is 17.7 Å². The number of nitrogens with zero attached hydrogens (tertiary/aromatic N) is 3. The predicted molar refractivity (Wildman–Crippen MR) is 112 cm³/mol. The first-order valence-corrected chi connectivity index (χ1v) is 10.4. The predicted octanol–water partition coefficient (Wildman–Crippen LogP) is 2.26. The SMILES string of the molecule is O=C(CCN1C(=O)c2ccccc2C1=O)N1CCN(C(=O)c2ccccc2OC(F)F)CC1. The minimum absolute atomic E-state index is 0.0233. The molecule has 0 aliphatic carbocycles. The molecule has 0 bridgehead atoms. The van der Waals surface area contributed by atoms with Gasteiger partial charge in [-0.05, 0) is 24.3 Å². The molecule has 10 heteroatoms. The molecule has 4 rings (SSSR count). The highest BCUT2D eigenvalue weighted by atomic mass is 19.3. The van der Waals surface area contributed by atoms with Crippen molar-refractivity contribution in [1.29, 1.82) is 0 Å². The molecule has 2 aromatic carbocycles. The zero-order valence-electron chi connectivity index (χ0n) is 17.6. The first-order chi connectivity index (χ1) is 15.9. The van der Waals surface area contributed by atoms with Gasteiger partial charge < -0.3 is 14.5 Å². The number of hydrogen-bond donors (Lipinski definition) is 0. The Kier molecular flexibility index (Phi) is 6.34. The van der Waals surface area contributed by atoms with E-state index in [0.717, 1.165) is 4.90 Å². The van der Waals surface area contributed by atoms with Crippen molar-refractivity contribution < 1.29 is 32.7 Å². The topological polar surface area (TPSA) is 87.2 Å². The molecule has 1 saturated heterocycles. The van der Waals surface area contributed by atoms with E-state index in [2.05, 4.69) is 4.74 Å². The molecule has 0 saturated carbocycles. The maximum absolute atomic E-state index is 12.8. The number of ether oxygens (including phenoxy) is 1. The van der Waals surface area contributed by atoms with Crippen molar-refractivity contribution in [3.63, 3.8) is 0 Å². The van der Waals surface area contributed by atoms with Crippen LogP contribution in [-0.2, 0) is 4.79 Å². The Morgan fingerprint density at radius 1 is 0.848 bits per heavy atom. The maximum Gasteiger partial charge on any atom is 0.387 e. The van der Waals surface area contributed by atoms with E-state index in [0.29, 0.717) is 11.1 Å². The van der Waals surface area contributed by atoms with Crippen LogP contribution >= 0.6 is 0 Å². The van der Waals surface area contributed by atoms with Gasteiger partial charge in [0.2, 0.25) is 5.91 Å². The Labute approximate surface area is 188 Å². The van der Waals surface area contributed by atoms with Gasteiger partial charge in [0.05, 0.1) is 16.7 Å². The molecule has 4 amide bonds. The molecule has 0 atom stereocenters. The molecule has 8 nitrogen and oxygen atoms in total. The maximum atomic E-state index is 12.8. The van der Waals surface area contributed by atoms with Crippen LogP contribution in [0.15, 0.2) is 48.5 Å². The molecule has 0 unspecified atom stereocenters. The fourth-order valence-corrected chi connectivity index (χ4v) is 3.98. The van der Waals surface area contributed by atoms with E-state index in [9.17, 15) is 28.0 Å². The highest BCUT2D eigenvalue weighted by Crippen LogP contribution is 2.24. The number of halogens is 2. The number of hydrogen-bond acceptors (Lipinski definition) is 5. The quantitative estimate of drug-likeness (QED) is 0.621. The van der Waals surface area contributed by atoms with Crippen LogP contribution in [0, 0.1) is 0 Å². The van der Waals surface area contributed by atoms with E-state index in [1.54, 1.807) is 35.2 Å². The van der Waals surface area contributed by atoms with Crippen LogP contribution in [0.25, 0.3) is 0 Å². The molecule has 0 N–H and O–H groups in total. The summed E-state index contributed by atoms with van der Waals surface area (Å²) < 4.78 is 29.7. The molecule has 0 spiro atoms. The molecule has 0 radical (unpaired) electrons. The minimum Gasteiger partial charge on any atom is -0.434 e. The van der Waals surface area contributed by atoms with E-state index in [4.69, 9.17) is 0 Å². The monoisotopic (exact) mass is 457 g/mol. The summed E-state index contributed by atoms with van der Waals surface area (Å²) in [6.45, 7) is -2.12. The lowest BCUT2D eigenvalue weighted by molar-refractivity contribution is -0.132. The van der Waals surface area contributed by atoms with E-state index in [1.165, 1.54) is 23.1 Å². The third kappa shape index (κ3) is 4.55. The average Bonchev–Trinajstić information content (AvgIpc) is 3.07. The summed E-state index contributed by atoms with van der Waals surface area (Å²) in [6, 6.07) is 12.3. The number of para-hydroxylation sites is 1. The zero-order valence-corrected chi connectivity index (χ0v) is 17.6. The van der Waals surface area contributed by atoms with Crippen molar-refractivity contribution >= 4 is 23.6 Å². The number of carbonyl (C=O) groups is 4. The van der Waals surface area contributed by atoms with E-state index in [1.807, 2.05) is 0 Å². The number of alkyl halides is 2. The van der Waals surface area contributed by atoms with Gasteiger partial charge >= 0.3 is 6.61 Å². The van der Waals surface area contributed by atoms with Crippen LogP contribution in [-0.4, -0.2) is 77.7 Å². The average molecular weight is 457 g/mol. The van der Waals surface area contributed by atoms with Crippen LogP contribution in [0.2, 0.25) is 0 Å². The number of imide groups is 1. The van der Waals surface area contributed by atoms with Crippen LogP contribution in [0.3, 0.4) is 0 Å². The van der Waals surface area contributed by atoms with Gasteiger partial charge in [-0.25, -0.2) is 0 Å². The molecular weight excluding hydrogens is 436 g/mol.